The van der Waals surface area contributed by atoms with Crippen LogP contribution in [0.3, 0.4) is 0 Å². The second-order valence-corrected chi connectivity index (χ2v) is 7.75. The molecule has 0 atom stereocenters. The van der Waals surface area contributed by atoms with Crippen molar-refractivity contribution < 1.29 is 4.79 Å². The first-order chi connectivity index (χ1) is 15.3. The maximum Gasteiger partial charge on any atom is 0.319 e. The molecule has 0 radical (unpaired) electrons. The third-order valence-electron chi connectivity index (χ3n) is 5.68. The van der Waals surface area contributed by atoms with Gasteiger partial charge in [-0.05, 0) is 29.7 Å². The molecule has 2 heterocycles. The Labute approximate surface area is 181 Å². The van der Waals surface area contributed by atoms with Crippen molar-refractivity contribution in [2.75, 3.05) is 5.32 Å². The van der Waals surface area contributed by atoms with Crippen molar-refractivity contribution in [2.45, 2.75) is 25.4 Å². The van der Waals surface area contributed by atoms with E-state index in [0.29, 0.717) is 0 Å². The molecule has 1 aromatic heterocycles. The van der Waals surface area contributed by atoms with E-state index >= 15 is 0 Å². The maximum absolute atomic E-state index is 12.9. The lowest BCUT2D eigenvalue weighted by Gasteiger charge is -2.20. The number of amides is 2. The van der Waals surface area contributed by atoms with E-state index in [1.54, 1.807) is 0 Å². The number of urea groups is 1. The summed E-state index contributed by atoms with van der Waals surface area (Å²) < 4.78 is 2.26. The number of aromatic nitrogens is 2. The zero-order chi connectivity index (χ0) is 21.0. The summed E-state index contributed by atoms with van der Waals surface area (Å²) in [7, 11) is 0. The summed E-state index contributed by atoms with van der Waals surface area (Å²) in [6.45, 7) is 0.999. The number of rotatable bonds is 5. The Morgan fingerprint density at radius 3 is 2.32 bits per heavy atom. The molecule has 0 aliphatic carbocycles. The first-order valence-electron chi connectivity index (χ1n) is 10.6. The summed E-state index contributed by atoms with van der Waals surface area (Å²) in [6, 6.07) is 27.5. The number of hydrogen-bond acceptors (Lipinski definition) is 2. The quantitative estimate of drug-likeness (QED) is 0.464. The largest absolute Gasteiger partial charge is 0.328 e. The third kappa shape index (κ3) is 4.08. The number of carbonyl (C=O) groups excluding carboxylic acids is 1. The van der Waals surface area contributed by atoms with Crippen molar-refractivity contribution in [3.63, 3.8) is 0 Å². The third-order valence-corrected chi connectivity index (χ3v) is 5.68. The summed E-state index contributed by atoms with van der Waals surface area (Å²) in [5.74, 6) is 1.14. The van der Waals surface area contributed by atoms with Gasteiger partial charge < -0.3 is 15.2 Å². The Morgan fingerprint density at radius 2 is 1.61 bits per heavy atom. The van der Waals surface area contributed by atoms with E-state index in [4.69, 9.17) is 0 Å². The second kappa shape index (κ2) is 8.48. The number of imidazole rings is 1. The highest BCUT2D eigenvalue weighted by Crippen LogP contribution is 2.28. The van der Waals surface area contributed by atoms with Gasteiger partial charge in [0.1, 0.15) is 5.82 Å². The highest BCUT2D eigenvalue weighted by Gasteiger charge is 2.18. The Balaban J connectivity index is 1.36. The number of carbonyl (C=O) groups is 1. The van der Waals surface area contributed by atoms with Crippen LogP contribution >= 0.6 is 0 Å². The smallest absolute Gasteiger partial charge is 0.319 e. The van der Waals surface area contributed by atoms with Crippen molar-refractivity contribution in [1.82, 2.24) is 14.9 Å². The molecular weight excluding hydrogens is 384 g/mol. The fourth-order valence-electron chi connectivity index (χ4n) is 4.19. The molecule has 0 spiro atoms. The highest BCUT2D eigenvalue weighted by atomic mass is 16.2. The summed E-state index contributed by atoms with van der Waals surface area (Å²) in [5, 5.41) is 6.13. The van der Waals surface area contributed by atoms with E-state index in [2.05, 4.69) is 26.3 Å². The molecule has 2 amide bonds. The minimum Gasteiger partial charge on any atom is -0.328 e. The molecule has 0 saturated carbocycles. The van der Waals surface area contributed by atoms with E-state index in [1.165, 1.54) is 0 Å². The summed E-state index contributed by atoms with van der Waals surface area (Å²) >= 11 is 0. The minimum absolute atomic E-state index is 0.233. The molecule has 0 unspecified atom stereocenters. The zero-order valence-electron chi connectivity index (χ0n) is 17.2. The number of aryl methyl sites for hydroxylation is 1. The number of anilines is 1. The molecule has 3 aromatic carbocycles. The summed E-state index contributed by atoms with van der Waals surface area (Å²) in [6.07, 6.45) is 4.09. The van der Waals surface area contributed by atoms with Crippen LogP contribution in [0.15, 0.2) is 91.1 Å². The molecule has 0 bridgehead atoms. The van der Waals surface area contributed by atoms with E-state index in [0.717, 1.165) is 53.3 Å². The summed E-state index contributed by atoms with van der Waals surface area (Å²) in [5.41, 5.74) is 4.98. The fraction of sp³-hybridized carbons (Fsp3) is 0.154. The lowest BCUT2D eigenvalue weighted by Crippen LogP contribution is -2.33. The summed E-state index contributed by atoms with van der Waals surface area (Å²) in [4.78, 5) is 17.4. The maximum atomic E-state index is 12.9. The standard InChI is InChI=1S/C26H24N4O/c31-26(29-25(19-9-3-1-4-10-19)20-11-5-2-6-12-20)28-22-14-7-13-21(17-22)23-18-27-24-15-8-16-30(23)24/h1-7,9-14,17-18,25H,8,15-16H2,(H2,28,29,31). The lowest BCUT2D eigenvalue weighted by atomic mass is 9.99. The predicted octanol–water partition coefficient (Wildman–Crippen LogP) is 5.41. The van der Waals surface area contributed by atoms with E-state index < -0.39 is 0 Å². The van der Waals surface area contributed by atoms with Gasteiger partial charge >= 0.3 is 6.03 Å². The monoisotopic (exact) mass is 408 g/mol. The Bertz CT molecular complexity index is 1150. The molecule has 5 nitrogen and oxygen atoms in total. The van der Waals surface area contributed by atoms with Gasteiger partial charge in [-0.2, -0.15) is 0 Å². The van der Waals surface area contributed by atoms with Crippen LogP contribution in [0, 0.1) is 0 Å². The molecule has 1 aliphatic heterocycles. The van der Waals surface area contributed by atoms with Gasteiger partial charge in [0.05, 0.1) is 17.9 Å². The van der Waals surface area contributed by atoms with Gasteiger partial charge in [-0.3, -0.25) is 0 Å². The Hall–Kier alpha value is -3.86. The van der Waals surface area contributed by atoms with Crippen LogP contribution in [0.4, 0.5) is 10.5 Å². The molecule has 2 N–H and O–H groups in total. The van der Waals surface area contributed by atoms with E-state index in [9.17, 15) is 4.79 Å². The van der Waals surface area contributed by atoms with Gasteiger partial charge in [0, 0.05) is 24.2 Å². The molecule has 0 saturated heterocycles. The van der Waals surface area contributed by atoms with Crippen LogP contribution < -0.4 is 10.6 Å². The zero-order valence-corrected chi connectivity index (χ0v) is 17.2. The van der Waals surface area contributed by atoms with E-state index in [-0.39, 0.29) is 12.1 Å². The molecular formula is C26H24N4O. The average molecular weight is 409 g/mol. The van der Waals surface area contributed by atoms with Gasteiger partial charge in [-0.1, -0.05) is 72.8 Å². The van der Waals surface area contributed by atoms with Gasteiger partial charge in [-0.15, -0.1) is 0 Å². The Morgan fingerprint density at radius 1 is 0.903 bits per heavy atom. The minimum atomic E-state index is -0.242. The number of benzene rings is 3. The van der Waals surface area contributed by atoms with Crippen LogP contribution in [0.2, 0.25) is 0 Å². The van der Waals surface area contributed by atoms with Crippen LogP contribution in [-0.2, 0) is 13.0 Å². The predicted molar refractivity (Wildman–Crippen MR) is 123 cm³/mol. The molecule has 0 fully saturated rings. The van der Waals surface area contributed by atoms with Crippen molar-refractivity contribution in [1.29, 1.82) is 0 Å². The first-order valence-corrected chi connectivity index (χ1v) is 10.6. The molecule has 5 heteroatoms. The first kappa shape index (κ1) is 19.1. The molecule has 1 aliphatic rings. The van der Waals surface area contributed by atoms with Crippen molar-refractivity contribution in [2.24, 2.45) is 0 Å². The van der Waals surface area contributed by atoms with Gasteiger partial charge in [0.15, 0.2) is 0 Å². The second-order valence-electron chi connectivity index (χ2n) is 7.75. The molecule has 5 rings (SSSR count). The molecule has 154 valence electrons. The van der Waals surface area contributed by atoms with Gasteiger partial charge in [0.25, 0.3) is 0 Å². The SMILES string of the molecule is O=C(Nc1cccc(-c2cnc3n2CCC3)c1)NC(c1ccccc1)c1ccccc1. The van der Waals surface area contributed by atoms with Crippen molar-refractivity contribution >= 4 is 11.7 Å². The topological polar surface area (TPSA) is 59.0 Å². The van der Waals surface area contributed by atoms with Gasteiger partial charge in [0.2, 0.25) is 0 Å². The van der Waals surface area contributed by atoms with Crippen LogP contribution in [-0.4, -0.2) is 15.6 Å². The number of nitrogens with zero attached hydrogens (tertiary/aromatic N) is 2. The van der Waals surface area contributed by atoms with Crippen LogP contribution in [0.5, 0.6) is 0 Å². The van der Waals surface area contributed by atoms with Crippen LogP contribution in [0.1, 0.15) is 29.4 Å². The molecule has 31 heavy (non-hydrogen) atoms. The van der Waals surface area contributed by atoms with Crippen molar-refractivity contribution in [3.05, 3.63) is 108 Å². The molecule has 4 aromatic rings. The van der Waals surface area contributed by atoms with E-state index in [1.807, 2.05) is 85.1 Å². The number of nitrogens with one attached hydrogen (secondary N) is 2. The fourth-order valence-corrected chi connectivity index (χ4v) is 4.19. The normalized spacial score (nSPS) is 12.5. The number of fused-ring (bicyclic) bond motifs is 1. The number of hydrogen-bond donors (Lipinski definition) is 2. The highest BCUT2D eigenvalue weighted by molar-refractivity contribution is 5.90. The average Bonchev–Trinajstić information content (AvgIpc) is 3.43. The van der Waals surface area contributed by atoms with Crippen molar-refractivity contribution in [3.8, 4) is 11.3 Å². The van der Waals surface area contributed by atoms with Gasteiger partial charge in [-0.25, -0.2) is 9.78 Å². The van der Waals surface area contributed by atoms with Crippen LogP contribution in [0.25, 0.3) is 11.3 Å². The lowest BCUT2D eigenvalue weighted by molar-refractivity contribution is 0.250. The Kier molecular flexibility index (Phi) is 5.23.